The van der Waals surface area contributed by atoms with Gasteiger partial charge in [0.2, 0.25) is 0 Å². The van der Waals surface area contributed by atoms with Gasteiger partial charge in [0.15, 0.2) is 0 Å². The average molecular weight is 119 g/mol. The van der Waals surface area contributed by atoms with E-state index in [1.165, 1.54) is 11.9 Å². The first kappa shape index (κ1) is 10.1. The SMILES string of the molecule is C/C=C\SN.CC. The molecule has 0 heterocycles. The predicted molar refractivity (Wildman–Crippen MR) is 37.9 cm³/mol. The maximum Gasteiger partial charge on any atom is -0.0181 e. The van der Waals surface area contributed by atoms with Gasteiger partial charge in [-0.25, -0.2) is 0 Å². The summed E-state index contributed by atoms with van der Waals surface area (Å²) in [5, 5.41) is 6.79. The smallest absolute Gasteiger partial charge is 0.0181 e. The molecule has 44 valence electrons. The van der Waals surface area contributed by atoms with Gasteiger partial charge in [0.05, 0.1) is 0 Å². The van der Waals surface area contributed by atoms with Crippen LogP contribution in [0, 0.1) is 0 Å². The largest absolute Gasteiger partial charge is 0.274 e. The lowest BCUT2D eigenvalue weighted by Gasteiger charge is -1.66. The van der Waals surface area contributed by atoms with Gasteiger partial charge in [0.1, 0.15) is 0 Å². The van der Waals surface area contributed by atoms with E-state index in [0.29, 0.717) is 0 Å². The molecule has 0 aromatic heterocycles. The van der Waals surface area contributed by atoms with Crippen molar-refractivity contribution in [3.05, 3.63) is 11.5 Å². The van der Waals surface area contributed by atoms with Gasteiger partial charge in [-0.3, -0.25) is 5.14 Å². The van der Waals surface area contributed by atoms with E-state index in [4.69, 9.17) is 5.14 Å². The zero-order valence-corrected chi connectivity index (χ0v) is 5.96. The molecule has 0 aromatic rings. The molecule has 7 heavy (non-hydrogen) atoms. The summed E-state index contributed by atoms with van der Waals surface area (Å²) in [4.78, 5) is 0. The van der Waals surface area contributed by atoms with Crippen LogP contribution in [0.15, 0.2) is 11.5 Å². The maximum absolute atomic E-state index is 4.97. The second-order valence-electron chi connectivity index (χ2n) is 0.605. The Hall–Kier alpha value is 0.0500. The highest BCUT2D eigenvalue weighted by Crippen LogP contribution is 1.83. The summed E-state index contributed by atoms with van der Waals surface area (Å²) in [6.07, 6.45) is 1.89. The summed E-state index contributed by atoms with van der Waals surface area (Å²) >= 11 is 1.22. The number of rotatable bonds is 1. The third kappa shape index (κ3) is 23.6. The van der Waals surface area contributed by atoms with E-state index in [1.807, 2.05) is 32.3 Å². The van der Waals surface area contributed by atoms with E-state index in [-0.39, 0.29) is 0 Å². The van der Waals surface area contributed by atoms with Crippen molar-refractivity contribution >= 4 is 11.9 Å². The van der Waals surface area contributed by atoms with Crippen LogP contribution >= 0.6 is 11.9 Å². The summed E-state index contributed by atoms with van der Waals surface area (Å²) in [5.41, 5.74) is 0. The molecule has 0 aliphatic rings. The fraction of sp³-hybridized carbons (Fsp3) is 0.600. The molecule has 0 fully saturated rings. The van der Waals surface area contributed by atoms with Gasteiger partial charge in [-0.2, -0.15) is 0 Å². The Balaban J connectivity index is 0. The lowest BCUT2D eigenvalue weighted by atomic mass is 10.8. The van der Waals surface area contributed by atoms with Crippen molar-refractivity contribution in [3.8, 4) is 0 Å². The molecule has 0 rings (SSSR count). The lowest BCUT2D eigenvalue weighted by molar-refractivity contribution is 1.50. The van der Waals surface area contributed by atoms with E-state index >= 15 is 0 Å². The van der Waals surface area contributed by atoms with Crippen molar-refractivity contribution in [2.75, 3.05) is 0 Å². The standard InChI is InChI=1S/C3H7NS.C2H6/c1-2-3-5-4;1-2/h2-3H,4H2,1H3;1-2H3/b3-2-;. The Bertz CT molecular complexity index is 35.1. The normalized spacial score (nSPS) is 8.00. The molecule has 0 spiro atoms. The van der Waals surface area contributed by atoms with E-state index in [1.54, 1.807) is 0 Å². The molecule has 0 aliphatic heterocycles. The first-order chi connectivity index (χ1) is 3.41. The molecule has 0 saturated heterocycles. The molecule has 0 saturated carbocycles. The minimum Gasteiger partial charge on any atom is -0.274 e. The minimum absolute atomic E-state index is 1.22. The van der Waals surface area contributed by atoms with Crippen molar-refractivity contribution < 1.29 is 0 Å². The Labute approximate surface area is 50.1 Å². The van der Waals surface area contributed by atoms with Crippen LogP contribution in [0.3, 0.4) is 0 Å². The molecule has 0 amide bonds. The highest BCUT2D eigenvalue weighted by Gasteiger charge is 1.51. The van der Waals surface area contributed by atoms with Gasteiger partial charge < -0.3 is 0 Å². The second kappa shape index (κ2) is 16.6. The van der Waals surface area contributed by atoms with Crippen LogP contribution < -0.4 is 5.14 Å². The number of hydrogen-bond donors (Lipinski definition) is 1. The topological polar surface area (TPSA) is 26.0 Å². The van der Waals surface area contributed by atoms with Gasteiger partial charge >= 0.3 is 0 Å². The Morgan fingerprint density at radius 1 is 1.43 bits per heavy atom. The van der Waals surface area contributed by atoms with E-state index in [0.717, 1.165) is 0 Å². The molecular formula is C5H13NS. The molecule has 0 aliphatic carbocycles. The first-order valence-corrected chi connectivity index (χ1v) is 3.32. The maximum atomic E-state index is 4.97. The molecule has 0 radical (unpaired) electrons. The highest BCUT2D eigenvalue weighted by atomic mass is 32.2. The molecule has 2 N–H and O–H groups in total. The Morgan fingerprint density at radius 2 is 1.86 bits per heavy atom. The van der Waals surface area contributed by atoms with Crippen molar-refractivity contribution in [2.45, 2.75) is 20.8 Å². The summed E-state index contributed by atoms with van der Waals surface area (Å²) < 4.78 is 0. The van der Waals surface area contributed by atoms with Gasteiger partial charge in [-0.1, -0.05) is 31.9 Å². The molecule has 0 atom stereocenters. The summed E-state index contributed by atoms with van der Waals surface area (Å²) in [7, 11) is 0. The average Bonchev–Trinajstić information content (AvgIpc) is 1.75. The van der Waals surface area contributed by atoms with Crippen molar-refractivity contribution in [3.63, 3.8) is 0 Å². The monoisotopic (exact) mass is 119 g/mol. The number of allylic oxidation sites excluding steroid dienone is 1. The van der Waals surface area contributed by atoms with Crippen LogP contribution in [0.25, 0.3) is 0 Å². The summed E-state index contributed by atoms with van der Waals surface area (Å²) in [6, 6.07) is 0. The zero-order chi connectivity index (χ0) is 6.12. The molecule has 0 aromatic carbocycles. The van der Waals surface area contributed by atoms with Crippen LogP contribution in [0.4, 0.5) is 0 Å². The summed E-state index contributed by atoms with van der Waals surface area (Å²) in [6.45, 7) is 5.93. The van der Waals surface area contributed by atoms with Crippen LogP contribution in [0.1, 0.15) is 20.8 Å². The fourth-order valence-corrected chi connectivity index (χ4v) is 0.236. The number of nitrogens with two attached hydrogens (primary N) is 1. The van der Waals surface area contributed by atoms with Gasteiger partial charge in [-0.05, 0) is 12.3 Å². The van der Waals surface area contributed by atoms with Gasteiger partial charge in [0, 0.05) is 0 Å². The van der Waals surface area contributed by atoms with Crippen LogP contribution in [-0.2, 0) is 0 Å². The fourth-order valence-electron chi connectivity index (χ4n) is 0.0786. The molecule has 0 unspecified atom stereocenters. The van der Waals surface area contributed by atoms with Crippen molar-refractivity contribution in [1.82, 2.24) is 0 Å². The minimum atomic E-state index is 1.22. The van der Waals surface area contributed by atoms with Gasteiger partial charge in [0.25, 0.3) is 0 Å². The quantitative estimate of drug-likeness (QED) is 0.535. The second-order valence-corrected chi connectivity index (χ2v) is 1.15. The predicted octanol–water partition coefficient (Wildman–Crippen LogP) is 2.15. The van der Waals surface area contributed by atoms with E-state index in [9.17, 15) is 0 Å². The first-order valence-electron chi connectivity index (χ1n) is 2.38. The zero-order valence-electron chi connectivity index (χ0n) is 5.14. The Morgan fingerprint density at radius 3 is 1.86 bits per heavy atom. The van der Waals surface area contributed by atoms with E-state index in [2.05, 4.69) is 0 Å². The molecule has 0 bridgehead atoms. The highest BCUT2D eigenvalue weighted by molar-refractivity contribution is 7.99. The van der Waals surface area contributed by atoms with Crippen LogP contribution in [0.2, 0.25) is 0 Å². The third-order valence-electron chi connectivity index (χ3n) is 0.215. The molecule has 1 nitrogen and oxygen atoms in total. The Kier molecular flexibility index (Phi) is 24.0. The van der Waals surface area contributed by atoms with Gasteiger partial charge in [-0.15, -0.1) is 0 Å². The summed E-state index contributed by atoms with van der Waals surface area (Å²) in [5.74, 6) is 0. The van der Waals surface area contributed by atoms with Crippen molar-refractivity contribution in [1.29, 1.82) is 0 Å². The van der Waals surface area contributed by atoms with Crippen LogP contribution in [-0.4, -0.2) is 0 Å². The van der Waals surface area contributed by atoms with Crippen LogP contribution in [0.5, 0.6) is 0 Å². The number of hydrogen-bond acceptors (Lipinski definition) is 2. The lowest BCUT2D eigenvalue weighted by Crippen LogP contribution is -1.65. The third-order valence-corrected chi connectivity index (χ3v) is 0.644. The van der Waals surface area contributed by atoms with Crippen molar-refractivity contribution in [2.24, 2.45) is 5.14 Å². The molecule has 2 heteroatoms. The molecular weight excluding hydrogens is 106 g/mol. The van der Waals surface area contributed by atoms with E-state index < -0.39 is 0 Å².